The van der Waals surface area contributed by atoms with Crippen molar-refractivity contribution in [2.45, 2.75) is 46.3 Å². The minimum absolute atomic E-state index is 0.0713. The zero-order valence-electron chi connectivity index (χ0n) is 17.7. The van der Waals surface area contributed by atoms with Crippen LogP contribution in [0.25, 0.3) is 0 Å². The molecule has 1 rings (SSSR count). The summed E-state index contributed by atoms with van der Waals surface area (Å²) < 4.78 is 15.4. The number of carbonyl (C=O) groups excluding carboxylic acids is 4. The minimum Gasteiger partial charge on any atom is -0.461 e. The molecule has 0 radical (unpaired) electrons. The van der Waals surface area contributed by atoms with Crippen molar-refractivity contribution in [1.29, 1.82) is 0 Å². The first-order valence-electron chi connectivity index (χ1n) is 9.75. The maximum absolute atomic E-state index is 12.2. The number of esters is 1. The highest BCUT2D eigenvalue weighted by Crippen LogP contribution is 2.11. The summed E-state index contributed by atoms with van der Waals surface area (Å²) in [6.07, 6.45) is 0.497. The number of ether oxygens (including phenoxy) is 3. The summed E-state index contributed by atoms with van der Waals surface area (Å²) in [6.45, 7) is 5.85. The fourth-order valence-electron chi connectivity index (χ4n) is 2.20. The molecule has 0 saturated carbocycles. The molecule has 0 bridgehead atoms. The van der Waals surface area contributed by atoms with E-state index in [1.165, 1.54) is 13.8 Å². The first-order valence-corrected chi connectivity index (χ1v) is 9.75. The number of amides is 2. The Hall–Kier alpha value is -2.78. The summed E-state index contributed by atoms with van der Waals surface area (Å²) in [6, 6.07) is 6.15. The van der Waals surface area contributed by atoms with Gasteiger partial charge in [-0.3, -0.25) is 19.2 Å². The number of hydrogen-bond donors (Lipinski definition) is 2. The van der Waals surface area contributed by atoms with Gasteiger partial charge in [-0.1, -0.05) is 12.1 Å². The van der Waals surface area contributed by atoms with Crippen LogP contribution in [0.2, 0.25) is 0 Å². The van der Waals surface area contributed by atoms with Crippen LogP contribution in [-0.4, -0.2) is 56.0 Å². The summed E-state index contributed by atoms with van der Waals surface area (Å²) in [4.78, 5) is 45.7. The van der Waals surface area contributed by atoms with Crippen molar-refractivity contribution in [3.63, 3.8) is 0 Å². The van der Waals surface area contributed by atoms with Crippen LogP contribution < -0.4 is 10.6 Å². The lowest BCUT2D eigenvalue weighted by Crippen LogP contribution is -2.41. The Bertz CT molecular complexity index is 704. The van der Waals surface area contributed by atoms with E-state index in [-0.39, 0.29) is 43.2 Å². The summed E-state index contributed by atoms with van der Waals surface area (Å²) in [7, 11) is 0. The highest BCUT2D eigenvalue weighted by molar-refractivity contribution is 5.96. The average Bonchev–Trinajstić information content (AvgIpc) is 2.69. The van der Waals surface area contributed by atoms with Gasteiger partial charge >= 0.3 is 5.97 Å². The van der Waals surface area contributed by atoms with Gasteiger partial charge in [0.1, 0.15) is 18.4 Å². The predicted molar refractivity (Wildman–Crippen MR) is 110 cm³/mol. The van der Waals surface area contributed by atoms with E-state index in [1.54, 1.807) is 31.2 Å². The lowest BCUT2D eigenvalue weighted by atomic mass is 10.2. The Morgan fingerprint density at radius 2 is 1.50 bits per heavy atom. The Labute approximate surface area is 176 Å². The van der Waals surface area contributed by atoms with Crippen molar-refractivity contribution in [2.24, 2.45) is 0 Å². The SMILES string of the molecule is CC(=O)CCOCCOCCC(=O)N[C@@H](C)C(=O)Nc1ccc(COC(C)=O)cc1. The third-order valence-electron chi connectivity index (χ3n) is 3.88. The fourth-order valence-corrected chi connectivity index (χ4v) is 2.20. The van der Waals surface area contributed by atoms with Gasteiger partial charge in [-0.15, -0.1) is 0 Å². The maximum Gasteiger partial charge on any atom is 0.302 e. The molecule has 9 heteroatoms. The van der Waals surface area contributed by atoms with Gasteiger partial charge in [0.15, 0.2) is 0 Å². The summed E-state index contributed by atoms with van der Waals surface area (Å²) >= 11 is 0. The van der Waals surface area contributed by atoms with E-state index in [0.29, 0.717) is 31.9 Å². The lowest BCUT2D eigenvalue weighted by Gasteiger charge is -2.14. The fraction of sp³-hybridized carbons (Fsp3) is 0.524. The molecule has 166 valence electrons. The van der Waals surface area contributed by atoms with Gasteiger partial charge in [0.05, 0.1) is 26.4 Å². The number of ketones is 1. The standard InChI is InChI=1S/C21H30N2O7/c1-15(24)8-10-28-12-13-29-11-9-20(26)22-16(2)21(27)23-19-6-4-18(5-7-19)14-30-17(3)25/h4-7,16H,8-14H2,1-3H3,(H,22,26)(H,23,27)/t16-/m0/s1. The molecule has 0 heterocycles. The van der Waals surface area contributed by atoms with Crippen molar-refractivity contribution in [2.75, 3.05) is 31.7 Å². The number of rotatable bonds is 14. The molecule has 9 nitrogen and oxygen atoms in total. The van der Waals surface area contributed by atoms with Crippen molar-refractivity contribution in [1.82, 2.24) is 5.32 Å². The van der Waals surface area contributed by atoms with Gasteiger partial charge in [-0.2, -0.15) is 0 Å². The molecular formula is C21H30N2O7. The molecule has 1 atom stereocenters. The van der Waals surface area contributed by atoms with Crippen LogP contribution in [0, 0.1) is 0 Å². The summed E-state index contributed by atoms with van der Waals surface area (Å²) in [5, 5.41) is 5.32. The number of hydrogen-bond acceptors (Lipinski definition) is 7. The second-order valence-corrected chi connectivity index (χ2v) is 6.68. The largest absolute Gasteiger partial charge is 0.461 e. The zero-order valence-corrected chi connectivity index (χ0v) is 17.7. The topological polar surface area (TPSA) is 120 Å². The summed E-state index contributed by atoms with van der Waals surface area (Å²) in [5.41, 5.74) is 1.37. The zero-order chi connectivity index (χ0) is 22.4. The normalized spacial score (nSPS) is 11.4. The van der Waals surface area contributed by atoms with E-state index in [9.17, 15) is 19.2 Å². The van der Waals surface area contributed by atoms with E-state index >= 15 is 0 Å². The summed E-state index contributed by atoms with van der Waals surface area (Å²) in [5.74, 6) is -0.940. The molecule has 1 aromatic carbocycles. The van der Waals surface area contributed by atoms with Crippen LogP contribution in [0.1, 0.15) is 39.2 Å². The lowest BCUT2D eigenvalue weighted by molar-refractivity contribution is -0.142. The molecule has 0 unspecified atom stereocenters. The number of nitrogens with one attached hydrogen (secondary N) is 2. The molecule has 2 N–H and O–H groups in total. The molecular weight excluding hydrogens is 392 g/mol. The first-order chi connectivity index (χ1) is 14.3. The first kappa shape index (κ1) is 25.3. The Kier molecular flexibility index (Phi) is 12.0. The van der Waals surface area contributed by atoms with Crippen molar-refractivity contribution >= 4 is 29.3 Å². The van der Waals surface area contributed by atoms with E-state index < -0.39 is 6.04 Å². The molecule has 0 aliphatic heterocycles. The predicted octanol–water partition coefficient (Wildman–Crippen LogP) is 1.60. The van der Waals surface area contributed by atoms with Gasteiger partial charge < -0.3 is 24.8 Å². The van der Waals surface area contributed by atoms with E-state index in [4.69, 9.17) is 14.2 Å². The highest BCUT2D eigenvalue weighted by Gasteiger charge is 2.15. The van der Waals surface area contributed by atoms with E-state index in [2.05, 4.69) is 10.6 Å². The van der Waals surface area contributed by atoms with Gasteiger partial charge in [-0.25, -0.2) is 0 Å². The van der Waals surface area contributed by atoms with Crippen LogP contribution in [-0.2, 0) is 40.0 Å². The van der Waals surface area contributed by atoms with Gasteiger partial charge in [0, 0.05) is 25.5 Å². The Morgan fingerprint density at radius 1 is 0.900 bits per heavy atom. The molecule has 1 aromatic rings. The van der Waals surface area contributed by atoms with Crippen LogP contribution >= 0.6 is 0 Å². The number of anilines is 1. The molecule has 30 heavy (non-hydrogen) atoms. The molecule has 2 amide bonds. The number of carbonyl (C=O) groups is 4. The minimum atomic E-state index is -0.715. The van der Waals surface area contributed by atoms with Crippen LogP contribution in [0.4, 0.5) is 5.69 Å². The Morgan fingerprint density at radius 3 is 2.07 bits per heavy atom. The molecule has 0 spiro atoms. The quantitative estimate of drug-likeness (QED) is 0.345. The maximum atomic E-state index is 12.2. The van der Waals surface area contributed by atoms with Gasteiger partial charge in [0.2, 0.25) is 11.8 Å². The highest BCUT2D eigenvalue weighted by atomic mass is 16.5. The van der Waals surface area contributed by atoms with E-state index in [0.717, 1.165) is 5.56 Å². The molecule has 0 saturated heterocycles. The third kappa shape index (κ3) is 11.9. The second kappa shape index (κ2) is 14.2. The van der Waals surface area contributed by atoms with Crippen LogP contribution in [0.3, 0.4) is 0 Å². The van der Waals surface area contributed by atoms with Crippen molar-refractivity contribution < 1.29 is 33.4 Å². The van der Waals surface area contributed by atoms with E-state index in [1.807, 2.05) is 0 Å². The smallest absolute Gasteiger partial charge is 0.302 e. The second-order valence-electron chi connectivity index (χ2n) is 6.68. The molecule has 0 aliphatic carbocycles. The van der Waals surface area contributed by atoms with Crippen LogP contribution in [0.5, 0.6) is 0 Å². The van der Waals surface area contributed by atoms with Crippen molar-refractivity contribution in [3.05, 3.63) is 29.8 Å². The van der Waals surface area contributed by atoms with Gasteiger partial charge in [0.25, 0.3) is 0 Å². The van der Waals surface area contributed by atoms with Gasteiger partial charge in [-0.05, 0) is 31.5 Å². The number of benzene rings is 1. The van der Waals surface area contributed by atoms with Crippen LogP contribution in [0.15, 0.2) is 24.3 Å². The third-order valence-corrected chi connectivity index (χ3v) is 3.88. The monoisotopic (exact) mass is 422 g/mol. The average molecular weight is 422 g/mol. The molecule has 0 aliphatic rings. The molecule has 0 fully saturated rings. The molecule has 0 aromatic heterocycles. The van der Waals surface area contributed by atoms with Crippen molar-refractivity contribution in [3.8, 4) is 0 Å². The Balaban J connectivity index is 2.21. The number of Topliss-reactive ketones (excluding diaryl/α,β-unsaturated/α-hetero) is 1.